The fourth-order valence-electron chi connectivity index (χ4n) is 8.04. The van der Waals surface area contributed by atoms with E-state index in [1.807, 2.05) is 6.20 Å². The Morgan fingerprint density at radius 1 is 1.17 bits per heavy atom. The molecule has 5 fully saturated rings. The molecule has 0 aromatic rings. The lowest BCUT2D eigenvalue weighted by molar-refractivity contribution is -0.209. The van der Waals surface area contributed by atoms with Gasteiger partial charge in [0.2, 0.25) is 0 Å². The summed E-state index contributed by atoms with van der Waals surface area (Å²) in [6.07, 6.45) is 8.63. The number of alkyl halides is 1. The normalized spacial score (nSPS) is 43.2. The van der Waals surface area contributed by atoms with E-state index in [1.165, 1.54) is 6.42 Å². The smallest absolute Gasteiger partial charge is 0.256 e. The first-order chi connectivity index (χ1) is 17.4. The monoisotopic (exact) mass is 503 g/mol. The molecular formula is C27H42FN5O3. The number of ketones is 1. The van der Waals surface area contributed by atoms with Crippen molar-refractivity contribution in [2.75, 3.05) is 33.2 Å². The van der Waals surface area contributed by atoms with Crippen LogP contribution in [0, 0.1) is 5.92 Å². The standard InChI is InChI=1S/C27H42FN5O3/c1-31-11-4-5-17(31)8-10-30-27(35)19-15-33-21-6-2-3-7-22(21)36-26-23(33)18(25(19)34)13-20(28)24(26)32-12-9-16(29)14-32/h15-18,20-24,26H,2-14,29H2,1H3,(H,30,35)/t16-,17?,18?,20?,21?,22?,23?,24?,26?/m1/s1. The molecule has 36 heavy (non-hydrogen) atoms. The van der Waals surface area contributed by atoms with E-state index in [9.17, 15) is 9.59 Å². The molecule has 2 aliphatic carbocycles. The number of morpholine rings is 1. The number of hydrogen-bond acceptors (Lipinski definition) is 7. The number of ether oxygens (including phenoxy) is 1. The number of Topliss-reactive ketones (excluding diaryl/α,β-unsaturated/α-hetero) is 1. The van der Waals surface area contributed by atoms with Crippen molar-refractivity contribution in [3.05, 3.63) is 11.8 Å². The Morgan fingerprint density at radius 3 is 2.75 bits per heavy atom. The van der Waals surface area contributed by atoms with Gasteiger partial charge in [-0.2, -0.15) is 0 Å². The highest BCUT2D eigenvalue weighted by molar-refractivity contribution is 6.20. The van der Waals surface area contributed by atoms with Gasteiger partial charge in [0.1, 0.15) is 6.17 Å². The number of carbonyl (C=O) groups excluding carboxylic acids is 2. The summed E-state index contributed by atoms with van der Waals surface area (Å²) in [4.78, 5) is 33.7. The van der Waals surface area contributed by atoms with Crippen molar-refractivity contribution < 1.29 is 18.7 Å². The fourth-order valence-corrected chi connectivity index (χ4v) is 8.04. The number of nitrogens with one attached hydrogen (secondary N) is 1. The average molecular weight is 504 g/mol. The van der Waals surface area contributed by atoms with Gasteiger partial charge in [0.25, 0.3) is 5.91 Å². The topological polar surface area (TPSA) is 91.1 Å². The summed E-state index contributed by atoms with van der Waals surface area (Å²) in [6, 6.07) is 0.0851. The number of nitrogens with two attached hydrogens (primary N) is 1. The van der Waals surface area contributed by atoms with Crippen LogP contribution in [0.2, 0.25) is 0 Å². The highest BCUT2D eigenvalue weighted by Crippen LogP contribution is 2.47. The van der Waals surface area contributed by atoms with Gasteiger partial charge in [-0.25, -0.2) is 4.39 Å². The lowest BCUT2D eigenvalue weighted by atomic mass is 9.69. The fraction of sp³-hybridized carbons (Fsp3) is 0.852. The van der Waals surface area contributed by atoms with Gasteiger partial charge in [0.05, 0.1) is 35.9 Å². The molecular weight excluding hydrogens is 461 g/mol. The van der Waals surface area contributed by atoms with Gasteiger partial charge in [-0.3, -0.25) is 14.5 Å². The molecule has 0 aromatic carbocycles. The van der Waals surface area contributed by atoms with E-state index in [0.717, 1.165) is 58.0 Å². The first-order valence-corrected chi connectivity index (χ1v) is 14.2. The molecule has 3 saturated heterocycles. The van der Waals surface area contributed by atoms with Crippen LogP contribution in [-0.4, -0.2) is 108 Å². The van der Waals surface area contributed by atoms with Crippen molar-refractivity contribution in [2.45, 2.75) is 106 Å². The molecule has 0 bridgehead atoms. The number of nitrogens with zero attached hydrogens (tertiary/aromatic N) is 3. The molecule has 8 nitrogen and oxygen atoms in total. The maximum Gasteiger partial charge on any atom is 0.256 e. The number of amides is 1. The van der Waals surface area contributed by atoms with Crippen LogP contribution in [-0.2, 0) is 14.3 Å². The Labute approximate surface area is 213 Å². The summed E-state index contributed by atoms with van der Waals surface area (Å²) in [6.45, 7) is 3.09. The first-order valence-electron chi connectivity index (χ1n) is 14.2. The average Bonchev–Trinajstić information content (AvgIpc) is 3.48. The Bertz CT molecular complexity index is 901. The predicted molar refractivity (Wildman–Crippen MR) is 134 cm³/mol. The van der Waals surface area contributed by atoms with Crippen LogP contribution in [0.1, 0.15) is 57.8 Å². The third kappa shape index (κ3) is 4.29. The third-order valence-electron chi connectivity index (χ3n) is 9.90. The van der Waals surface area contributed by atoms with Crippen molar-refractivity contribution in [1.29, 1.82) is 0 Å². The number of fused-ring (bicyclic) bond motifs is 2. The van der Waals surface area contributed by atoms with Crippen LogP contribution in [0.25, 0.3) is 0 Å². The molecule has 8 unspecified atom stereocenters. The molecule has 4 aliphatic heterocycles. The Morgan fingerprint density at radius 2 is 2.00 bits per heavy atom. The second kappa shape index (κ2) is 9.97. The second-order valence-electron chi connectivity index (χ2n) is 12.0. The van der Waals surface area contributed by atoms with Gasteiger partial charge in [-0.05, 0) is 58.5 Å². The van der Waals surface area contributed by atoms with E-state index in [1.54, 1.807) is 0 Å². The van der Waals surface area contributed by atoms with Gasteiger partial charge < -0.3 is 25.6 Å². The van der Waals surface area contributed by atoms with Gasteiger partial charge in [-0.15, -0.1) is 0 Å². The summed E-state index contributed by atoms with van der Waals surface area (Å²) in [5.74, 6) is -1.07. The van der Waals surface area contributed by atoms with Gasteiger partial charge in [0.15, 0.2) is 5.78 Å². The van der Waals surface area contributed by atoms with Gasteiger partial charge in [0, 0.05) is 43.8 Å². The maximum atomic E-state index is 15.9. The molecule has 9 atom stereocenters. The number of hydrogen-bond donors (Lipinski definition) is 2. The molecule has 6 rings (SSSR count). The molecule has 6 aliphatic rings. The Hall–Kier alpha value is -1.55. The third-order valence-corrected chi connectivity index (χ3v) is 9.90. The molecule has 9 heteroatoms. The van der Waals surface area contributed by atoms with Crippen LogP contribution in [0.15, 0.2) is 11.8 Å². The van der Waals surface area contributed by atoms with E-state index in [-0.39, 0.29) is 60.1 Å². The lowest BCUT2D eigenvalue weighted by Crippen LogP contribution is -2.73. The zero-order valence-electron chi connectivity index (χ0n) is 21.5. The Balaban J connectivity index is 1.25. The van der Waals surface area contributed by atoms with Crippen LogP contribution in [0.4, 0.5) is 4.39 Å². The predicted octanol–water partition coefficient (Wildman–Crippen LogP) is 1.19. The van der Waals surface area contributed by atoms with E-state index in [0.29, 0.717) is 19.1 Å². The van der Waals surface area contributed by atoms with Gasteiger partial charge in [-0.1, -0.05) is 12.8 Å². The molecule has 0 aromatic heterocycles. The van der Waals surface area contributed by atoms with Crippen molar-refractivity contribution in [3.8, 4) is 0 Å². The SMILES string of the molecule is CN1CCCC1CCNC(=O)C1=CN2C3CCCCC3OC3C(N4CC[C@@H](N)C4)C(F)CC(C1=O)C32. The Kier molecular flexibility index (Phi) is 6.86. The van der Waals surface area contributed by atoms with Crippen molar-refractivity contribution >= 4 is 11.7 Å². The lowest BCUT2D eigenvalue weighted by Gasteiger charge is -2.60. The molecule has 4 heterocycles. The largest absolute Gasteiger partial charge is 0.369 e. The highest BCUT2D eigenvalue weighted by Gasteiger charge is 2.59. The molecule has 2 saturated carbocycles. The van der Waals surface area contributed by atoms with Crippen molar-refractivity contribution in [2.24, 2.45) is 11.7 Å². The minimum atomic E-state index is -1.17. The van der Waals surface area contributed by atoms with Crippen molar-refractivity contribution in [3.63, 3.8) is 0 Å². The van der Waals surface area contributed by atoms with Gasteiger partial charge >= 0.3 is 0 Å². The number of likely N-dealkylation sites (tertiary alicyclic amines) is 2. The number of rotatable bonds is 5. The summed E-state index contributed by atoms with van der Waals surface area (Å²) in [5.41, 5.74) is 6.38. The molecule has 0 radical (unpaired) electrons. The summed E-state index contributed by atoms with van der Waals surface area (Å²) in [7, 11) is 2.13. The minimum absolute atomic E-state index is 0.0105. The van der Waals surface area contributed by atoms with Crippen LogP contribution < -0.4 is 11.1 Å². The summed E-state index contributed by atoms with van der Waals surface area (Å²) >= 11 is 0. The van der Waals surface area contributed by atoms with Crippen molar-refractivity contribution in [1.82, 2.24) is 20.0 Å². The van der Waals surface area contributed by atoms with Crippen LogP contribution in [0.5, 0.6) is 0 Å². The minimum Gasteiger partial charge on any atom is -0.369 e. The number of carbonyl (C=O) groups is 2. The van der Waals surface area contributed by atoms with E-state index < -0.39 is 12.1 Å². The second-order valence-corrected chi connectivity index (χ2v) is 12.0. The van der Waals surface area contributed by atoms with E-state index in [4.69, 9.17) is 10.5 Å². The highest BCUT2D eigenvalue weighted by atomic mass is 19.1. The summed E-state index contributed by atoms with van der Waals surface area (Å²) < 4.78 is 22.6. The zero-order chi connectivity index (χ0) is 25.0. The molecule has 3 N–H and O–H groups in total. The zero-order valence-corrected chi connectivity index (χ0v) is 21.5. The summed E-state index contributed by atoms with van der Waals surface area (Å²) in [5, 5.41) is 3.01. The first kappa shape index (κ1) is 24.8. The van der Waals surface area contributed by atoms with E-state index in [2.05, 4.69) is 27.1 Å². The molecule has 200 valence electrons. The molecule has 1 amide bonds. The molecule has 0 spiro atoms. The van der Waals surface area contributed by atoms with E-state index >= 15 is 4.39 Å². The quantitative estimate of drug-likeness (QED) is 0.545. The number of halogens is 1. The maximum absolute atomic E-state index is 15.9. The van der Waals surface area contributed by atoms with Crippen LogP contribution >= 0.6 is 0 Å². The van der Waals surface area contributed by atoms with Crippen LogP contribution in [0.3, 0.4) is 0 Å².